The fourth-order valence-electron chi connectivity index (χ4n) is 2.96. The highest BCUT2D eigenvalue weighted by atomic mass is 16.3. The Kier molecular flexibility index (Phi) is 4.04. The Morgan fingerprint density at radius 1 is 1.37 bits per heavy atom. The quantitative estimate of drug-likeness (QED) is 0.879. The van der Waals surface area contributed by atoms with E-state index < -0.39 is 0 Å². The molecular formula is C14H26N4O. The van der Waals surface area contributed by atoms with Crippen molar-refractivity contribution in [2.24, 2.45) is 0 Å². The summed E-state index contributed by atoms with van der Waals surface area (Å²) >= 11 is 0. The van der Waals surface area contributed by atoms with Gasteiger partial charge in [-0.3, -0.25) is 0 Å². The van der Waals surface area contributed by atoms with E-state index in [9.17, 15) is 5.11 Å². The second-order valence-corrected chi connectivity index (χ2v) is 5.89. The summed E-state index contributed by atoms with van der Waals surface area (Å²) in [5.74, 6) is 0.943. The molecule has 1 saturated carbocycles. The van der Waals surface area contributed by atoms with Crippen LogP contribution in [-0.4, -0.2) is 34.1 Å². The SMILES string of the molecule is Cc1nn(C(C)C)c(N(C)C2CCCCC2O)c1N. The third-order valence-electron chi connectivity index (χ3n) is 4.12. The average Bonchev–Trinajstić information content (AvgIpc) is 2.66. The van der Waals surface area contributed by atoms with Crippen molar-refractivity contribution in [3.05, 3.63) is 5.69 Å². The lowest BCUT2D eigenvalue weighted by atomic mass is 9.91. The average molecular weight is 266 g/mol. The fourth-order valence-corrected chi connectivity index (χ4v) is 2.96. The third kappa shape index (κ3) is 2.56. The lowest BCUT2D eigenvalue weighted by Gasteiger charge is -2.37. The van der Waals surface area contributed by atoms with E-state index >= 15 is 0 Å². The van der Waals surface area contributed by atoms with Gasteiger partial charge in [-0.1, -0.05) is 12.8 Å². The molecule has 19 heavy (non-hydrogen) atoms. The molecule has 2 rings (SSSR count). The maximum Gasteiger partial charge on any atom is 0.150 e. The normalized spacial score (nSPS) is 23.9. The first-order valence-corrected chi connectivity index (χ1v) is 7.19. The van der Waals surface area contributed by atoms with E-state index in [0.717, 1.165) is 36.5 Å². The number of aryl methyl sites for hydroxylation is 1. The predicted octanol–water partition coefficient (Wildman–Crippen LogP) is 2.09. The fraction of sp³-hybridized carbons (Fsp3) is 0.786. The summed E-state index contributed by atoms with van der Waals surface area (Å²) in [6, 6.07) is 0.402. The highest BCUT2D eigenvalue weighted by molar-refractivity contribution is 5.66. The van der Waals surface area contributed by atoms with E-state index in [1.807, 2.05) is 18.7 Å². The van der Waals surface area contributed by atoms with Gasteiger partial charge in [0.15, 0.2) is 5.82 Å². The minimum absolute atomic E-state index is 0.143. The van der Waals surface area contributed by atoms with Crippen LogP contribution in [0.3, 0.4) is 0 Å². The van der Waals surface area contributed by atoms with Crippen LogP contribution in [0.4, 0.5) is 11.5 Å². The third-order valence-corrected chi connectivity index (χ3v) is 4.12. The molecule has 1 aliphatic rings. The molecule has 1 aliphatic carbocycles. The molecule has 5 nitrogen and oxygen atoms in total. The molecule has 2 atom stereocenters. The van der Waals surface area contributed by atoms with Crippen LogP contribution in [0.25, 0.3) is 0 Å². The molecule has 0 radical (unpaired) electrons. The van der Waals surface area contributed by atoms with Crippen molar-refractivity contribution in [1.82, 2.24) is 9.78 Å². The number of nitrogens with two attached hydrogens (primary N) is 1. The molecule has 0 aromatic carbocycles. The Balaban J connectivity index is 2.34. The summed E-state index contributed by atoms with van der Waals surface area (Å²) in [4.78, 5) is 2.12. The van der Waals surface area contributed by atoms with Crippen LogP contribution in [0, 0.1) is 6.92 Å². The number of nitrogens with zero attached hydrogens (tertiary/aromatic N) is 3. The molecule has 0 bridgehead atoms. The Bertz CT molecular complexity index is 441. The van der Waals surface area contributed by atoms with Crippen molar-refractivity contribution in [2.45, 2.75) is 64.6 Å². The van der Waals surface area contributed by atoms with Crippen molar-refractivity contribution in [3.8, 4) is 0 Å². The molecule has 1 heterocycles. The number of nitrogen functional groups attached to an aromatic ring is 1. The Hall–Kier alpha value is -1.23. The topological polar surface area (TPSA) is 67.3 Å². The molecule has 1 aromatic heterocycles. The van der Waals surface area contributed by atoms with Gasteiger partial charge in [-0.05, 0) is 33.6 Å². The zero-order valence-corrected chi connectivity index (χ0v) is 12.4. The van der Waals surface area contributed by atoms with Crippen LogP contribution in [0.2, 0.25) is 0 Å². The van der Waals surface area contributed by atoms with Gasteiger partial charge >= 0.3 is 0 Å². The zero-order chi connectivity index (χ0) is 14.2. The maximum absolute atomic E-state index is 10.2. The smallest absolute Gasteiger partial charge is 0.150 e. The lowest BCUT2D eigenvalue weighted by Crippen LogP contribution is -2.44. The van der Waals surface area contributed by atoms with Crippen LogP contribution in [0.1, 0.15) is 51.3 Å². The number of likely N-dealkylation sites (N-methyl/N-ethyl adjacent to an activating group) is 1. The predicted molar refractivity (Wildman–Crippen MR) is 78.4 cm³/mol. The largest absolute Gasteiger partial charge is 0.394 e. The first kappa shape index (κ1) is 14.2. The number of hydrogen-bond acceptors (Lipinski definition) is 4. The molecule has 1 aromatic rings. The summed E-state index contributed by atoms with van der Waals surface area (Å²) in [6.45, 7) is 6.13. The molecule has 3 N–H and O–H groups in total. The van der Waals surface area contributed by atoms with Crippen molar-refractivity contribution >= 4 is 11.5 Å². The molecule has 1 fully saturated rings. The first-order chi connectivity index (χ1) is 8.93. The van der Waals surface area contributed by atoms with Gasteiger partial charge < -0.3 is 15.7 Å². The van der Waals surface area contributed by atoms with E-state index in [1.165, 1.54) is 6.42 Å². The minimum atomic E-state index is -0.269. The van der Waals surface area contributed by atoms with Gasteiger partial charge in [-0.2, -0.15) is 5.10 Å². The van der Waals surface area contributed by atoms with E-state index in [2.05, 4.69) is 23.8 Å². The van der Waals surface area contributed by atoms with Crippen molar-refractivity contribution in [1.29, 1.82) is 0 Å². The van der Waals surface area contributed by atoms with Gasteiger partial charge in [0.25, 0.3) is 0 Å². The maximum atomic E-state index is 10.2. The summed E-state index contributed by atoms with van der Waals surface area (Å²) < 4.78 is 1.96. The van der Waals surface area contributed by atoms with Crippen LogP contribution in [0.15, 0.2) is 0 Å². The number of rotatable bonds is 3. The van der Waals surface area contributed by atoms with E-state index in [-0.39, 0.29) is 18.2 Å². The number of anilines is 2. The zero-order valence-electron chi connectivity index (χ0n) is 12.4. The molecule has 0 saturated heterocycles. The molecule has 2 unspecified atom stereocenters. The number of aliphatic hydroxyl groups excluding tert-OH is 1. The first-order valence-electron chi connectivity index (χ1n) is 7.19. The number of hydrogen-bond donors (Lipinski definition) is 2. The number of aromatic nitrogens is 2. The van der Waals surface area contributed by atoms with E-state index in [0.29, 0.717) is 0 Å². The Morgan fingerprint density at radius 2 is 2.00 bits per heavy atom. The monoisotopic (exact) mass is 266 g/mol. The van der Waals surface area contributed by atoms with E-state index in [4.69, 9.17) is 5.73 Å². The van der Waals surface area contributed by atoms with Crippen LogP contribution in [-0.2, 0) is 0 Å². The van der Waals surface area contributed by atoms with Gasteiger partial charge in [0, 0.05) is 13.1 Å². The Labute approximate surface area is 115 Å². The highest BCUT2D eigenvalue weighted by Crippen LogP contribution is 2.33. The second kappa shape index (κ2) is 5.41. The number of aliphatic hydroxyl groups is 1. The van der Waals surface area contributed by atoms with Crippen LogP contribution >= 0.6 is 0 Å². The van der Waals surface area contributed by atoms with Gasteiger partial charge in [0.1, 0.15) is 0 Å². The van der Waals surface area contributed by atoms with Gasteiger partial charge in [-0.15, -0.1) is 0 Å². The minimum Gasteiger partial charge on any atom is -0.394 e. The van der Waals surface area contributed by atoms with Gasteiger partial charge in [0.05, 0.1) is 23.5 Å². The summed E-state index contributed by atoms with van der Waals surface area (Å²) in [5, 5.41) is 14.7. The highest BCUT2D eigenvalue weighted by Gasteiger charge is 2.30. The molecule has 5 heteroatoms. The van der Waals surface area contributed by atoms with Crippen LogP contribution < -0.4 is 10.6 Å². The van der Waals surface area contributed by atoms with Crippen molar-refractivity contribution in [3.63, 3.8) is 0 Å². The molecule has 0 aliphatic heterocycles. The molecular weight excluding hydrogens is 240 g/mol. The Morgan fingerprint density at radius 3 is 2.58 bits per heavy atom. The van der Waals surface area contributed by atoms with Crippen molar-refractivity contribution < 1.29 is 5.11 Å². The van der Waals surface area contributed by atoms with Gasteiger partial charge in [-0.25, -0.2) is 4.68 Å². The summed E-state index contributed by atoms with van der Waals surface area (Å²) in [7, 11) is 2.02. The molecule has 0 spiro atoms. The van der Waals surface area contributed by atoms with E-state index in [1.54, 1.807) is 0 Å². The molecule has 108 valence electrons. The van der Waals surface area contributed by atoms with Crippen LogP contribution in [0.5, 0.6) is 0 Å². The summed E-state index contributed by atoms with van der Waals surface area (Å²) in [5.41, 5.74) is 7.78. The lowest BCUT2D eigenvalue weighted by molar-refractivity contribution is 0.105. The standard InChI is InChI=1S/C14H26N4O/c1-9(2)18-14(13(15)10(3)16-18)17(4)11-7-5-6-8-12(11)19/h9,11-12,19H,5-8,15H2,1-4H3. The second-order valence-electron chi connectivity index (χ2n) is 5.89. The molecule has 0 amide bonds. The summed E-state index contributed by atoms with van der Waals surface area (Å²) in [6.07, 6.45) is 3.90. The van der Waals surface area contributed by atoms with Gasteiger partial charge in [0.2, 0.25) is 0 Å². The van der Waals surface area contributed by atoms with Crippen molar-refractivity contribution in [2.75, 3.05) is 17.7 Å².